The average Bonchev–Trinajstić information content (AvgIpc) is 3.96. The maximum atomic E-state index is 13.4. The Kier molecular flexibility index (Phi) is 13.6. The second kappa shape index (κ2) is 19.3. The zero-order chi connectivity index (χ0) is 51.9. The first-order valence-corrected chi connectivity index (χ1v) is 21.2. The number of hydrogen-bond donors (Lipinski definition) is 0. The molecule has 0 saturated carbocycles. The molecule has 0 aliphatic carbocycles. The standard InChI is InChI=1S/C25H18F3N5O4.C23H15BrF3N5O2/c1-14-20(21-19(23(35)37-4)13-30-33(21)17-10-8-16(29-2)9-11-17)22(34)31(3)24(36)32(14)18-7-5-6-15(12-18)25(26,27)28;1-13-19(20-18(24)12-29-32(20)16-9-7-15(28-2)8-10-16)21(33)30(3)22(34)31(13)17-6-4-5-14(11-17)23(25,26)27/h5-13H,1,3-4H3;4-12H,1,3H3. The maximum Gasteiger partial charge on any atom is 0.416 e. The summed E-state index contributed by atoms with van der Waals surface area (Å²) in [5, 5.41) is 8.53. The minimum atomic E-state index is -4.66. The van der Waals surface area contributed by atoms with Crippen molar-refractivity contribution >= 4 is 33.3 Å². The van der Waals surface area contributed by atoms with Crippen LogP contribution in [0.5, 0.6) is 0 Å². The fourth-order valence-electron chi connectivity index (χ4n) is 7.56. The molecule has 0 bridgehead atoms. The van der Waals surface area contributed by atoms with Crippen molar-refractivity contribution in [3.8, 4) is 45.3 Å². The molecule has 360 valence electrons. The number of hydrogen-bond acceptors (Lipinski definition) is 8. The molecule has 71 heavy (non-hydrogen) atoms. The molecule has 8 rings (SSSR count). The van der Waals surface area contributed by atoms with Crippen molar-refractivity contribution in [1.82, 2.24) is 37.8 Å². The molecule has 0 N–H and O–H groups in total. The van der Waals surface area contributed by atoms with E-state index >= 15 is 0 Å². The first-order chi connectivity index (χ1) is 33.5. The molecular weight excluding hydrogens is 1010 g/mol. The average molecular weight is 1040 g/mol. The first-order valence-electron chi connectivity index (χ1n) is 20.4. The Balaban J connectivity index is 0.000000209. The first kappa shape index (κ1) is 50.1. The van der Waals surface area contributed by atoms with E-state index in [-0.39, 0.29) is 45.1 Å². The maximum absolute atomic E-state index is 13.4. The van der Waals surface area contributed by atoms with Crippen molar-refractivity contribution < 1.29 is 35.9 Å². The summed E-state index contributed by atoms with van der Waals surface area (Å²) in [7, 11) is 3.58. The van der Waals surface area contributed by atoms with Crippen LogP contribution in [0.15, 0.2) is 133 Å². The van der Waals surface area contributed by atoms with Crippen LogP contribution in [-0.4, -0.2) is 50.9 Å². The molecule has 0 fully saturated rings. The van der Waals surface area contributed by atoms with Gasteiger partial charge in [-0.25, -0.2) is 33.4 Å². The minimum Gasteiger partial charge on any atom is -0.465 e. The Morgan fingerprint density at radius 1 is 0.606 bits per heavy atom. The monoisotopic (exact) mass is 1040 g/mol. The highest BCUT2D eigenvalue weighted by Gasteiger charge is 2.33. The van der Waals surface area contributed by atoms with Crippen LogP contribution >= 0.6 is 15.9 Å². The van der Waals surface area contributed by atoms with Gasteiger partial charge in [0, 0.05) is 25.5 Å². The predicted octanol–water partition coefficient (Wildman–Crippen LogP) is 9.08. The molecule has 0 aliphatic heterocycles. The highest BCUT2D eigenvalue weighted by atomic mass is 79.9. The van der Waals surface area contributed by atoms with Gasteiger partial charge < -0.3 is 4.74 Å². The molecule has 16 nitrogen and oxygen atoms in total. The van der Waals surface area contributed by atoms with Crippen molar-refractivity contribution in [3.63, 3.8) is 0 Å². The van der Waals surface area contributed by atoms with Gasteiger partial charge in [0.25, 0.3) is 11.1 Å². The Hall–Kier alpha value is -8.83. The van der Waals surface area contributed by atoms with Gasteiger partial charge in [0.05, 0.1) is 93.5 Å². The molecule has 0 aliphatic rings. The molecule has 0 saturated heterocycles. The molecule has 4 aromatic heterocycles. The summed E-state index contributed by atoms with van der Waals surface area (Å²) in [6, 6.07) is 21.1. The third-order valence-corrected chi connectivity index (χ3v) is 11.7. The molecule has 0 radical (unpaired) electrons. The molecular formula is C48H33BrF6N10O6. The van der Waals surface area contributed by atoms with E-state index in [0.29, 0.717) is 32.9 Å². The van der Waals surface area contributed by atoms with E-state index in [4.69, 9.17) is 17.9 Å². The summed E-state index contributed by atoms with van der Waals surface area (Å²) < 4.78 is 91.7. The Bertz CT molecular complexity index is 3760. The second-order valence-corrected chi connectivity index (χ2v) is 16.2. The van der Waals surface area contributed by atoms with E-state index in [1.54, 1.807) is 36.4 Å². The lowest BCUT2D eigenvalue weighted by molar-refractivity contribution is -0.138. The predicted molar refractivity (Wildman–Crippen MR) is 251 cm³/mol. The summed E-state index contributed by atoms with van der Waals surface area (Å²) >= 11 is 3.39. The quantitative estimate of drug-likeness (QED) is 0.0869. The van der Waals surface area contributed by atoms with Crippen molar-refractivity contribution in [2.75, 3.05) is 7.11 Å². The van der Waals surface area contributed by atoms with Gasteiger partial charge in [-0.3, -0.25) is 27.9 Å². The molecule has 8 aromatic rings. The molecule has 0 atom stereocenters. The van der Waals surface area contributed by atoms with Gasteiger partial charge in [-0.1, -0.05) is 36.4 Å². The topological polar surface area (TPSA) is 159 Å². The van der Waals surface area contributed by atoms with Crippen LogP contribution in [-0.2, 0) is 31.2 Å². The van der Waals surface area contributed by atoms with E-state index in [1.165, 1.54) is 80.0 Å². The lowest BCUT2D eigenvalue weighted by atomic mass is 10.1. The Morgan fingerprint density at radius 3 is 1.39 bits per heavy atom. The van der Waals surface area contributed by atoms with Crippen molar-refractivity contribution in [2.24, 2.45) is 14.1 Å². The van der Waals surface area contributed by atoms with Gasteiger partial charge in [0.1, 0.15) is 5.56 Å². The number of alkyl halides is 6. The number of nitrogens with zero attached hydrogens (tertiary/aromatic N) is 10. The smallest absolute Gasteiger partial charge is 0.416 e. The molecule has 0 spiro atoms. The lowest BCUT2D eigenvalue weighted by Gasteiger charge is -2.18. The van der Waals surface area contributed by atoms with E-state index in [1.807, 2.05) is 0 Å². The summed E-state index contributed by atoms with van der Waals surface area (Å²) in [6.45, 7) is 17.1. The van der Waals surface area contributed by atoms with Crippen LogP contribution < -0.4 is 22.5 Å². The van der Waals surface area contributed by atoms with E-state index in [2.05, 4.69) is 35.8 Å². The number of rotatable bonds is 7. The van der Waals surface area contributed by atoms with Crippen LogP contribution in [0.4, 0.5) is 37.7 Å². The highest BCUT2D eigenvalue weighted by molar-refractivity contribution is 9.10. The van der Waals surface area contributed by atoms with Crippen LogP contribution in [0.25, 0.3) is 55.0 Å². The van der Waals surface area contributed by atoms with Gasteiger partial charge in [-0.2, -0.15) is 36.5 Å². The molecule has 23 heteroatoms. The summed E-state index contributed by atoms with van der Waals surface area (Å²) in [6.07, 6.45) is -6.61. The Morgan fingerprint density at radius 2 is 1.00 bits per heavy atom. The van der Waals surface area contributed by atoms with Crippen molar-refractivity contribution in [3.05, 3.63) is 207 Å². The number of carbonyl (C=O) groups excluding carboxylic acids is 1. The van der Waals surface area contributed by atoms with E-state index in [0.717, 1.165) is 55.7 Å². The van der Waals surface area contributed by atoms with Gasteiger partial charge in [-0.05, 0) is 90.4 Å². The van der Waals surface area contributed by atoms with Crippen molar-refractivity contribution in [1.29, 1.82) is 0 Å². The highest BCUT2D eigenvalue weighted by Crippen LogP contribution is 2.35. The fraction of sp³-hybridized carbons (Fsp3) is 0.146. The fourth-order valence-corrected chi connectivity index (χ4v) is 8.01. The zero-order valence-corrected chi connectivity index (χ0v) is 39.0. The van der Waals surface area contributed by atoms with Gasteiger partial charge in [0.15, 0.2) is 11.4 Å². The number of halogens is 7. The summed E-state index contributed by atoms with van der Waals surface area (Å²) in [5.74, 6) is -0.822. The van der Waals surface area contributed by atoms with Crippen LogP contribution in [0.1, 0.15) is 32.9 Å². The number of esters is 1. The normalized spacial score (nSPS) is 11.4. The zero-order valence-electron chi connectivity index (χ0n) is 37.5. The number of methoxy groups -OCH3 is 1. The third kappa shape index (κ3) is 9.37. The van der Waals surface area contributed by atoms with E-state index in [9.17, 15) is 50.3 Å². The third-order valence-electron chi connectivity index (χ3n) is 11.1. The number of ether oxygens (including phenoxy) is 1. The van der Waals surface area contributed by atoms with Gasteiger partial charge >= 0.3 is 29.7 Å². The summed E-state index contributed by atoms with van der Waals surface area (Å²) in [5.41, 5.74) is -3.20. The minimum absolute atomic E-state index is 0.0166. The van der Waals surface area contributed by atoms with Gasteiger partial charge in [0.2, 0.25) is 0 Å². The Labute approximate surface area is 404 Å². The van der Waals surface area contributed by atoms with Crippen LogP contribution in [0.3, 0.4) is 0 Å². The molecule has 0 amide bonds. The summed E-state index contributed by atoms with van der Waals surface area (Å²) in [4.78, 5) is 72.0. The SMILES string of the molecule is [C-]#[N+]c1ccc(-n2ncc(Br)c2-c2c(C)n(-c3cccc(C(F)(F)F)c3)c(=O)n(C)c2=O)cc1.[C-]#[N+]c1ccc(-n2ncc(C(=O)OC)c2-c2c(C)n(-c3cccc(C(F)(F)F)c3)c(=O)n(C)c2=O)cc1. The lowest BCUT2D eigenvalue weighted by Crippen LogP contribution is -2.40. The number of aromatic nitrogens is 8. The van der Waals surface area contributed by atoms with Crippen LogP contribution in [0, 0.1) is 27.0 Å². The largest absolute Gasteiger partial charge is 0.465 e. The van der Waals surface area contributed by atoms with Crippen molar-refractivity contribution in [2.45, 2.75) is 26.2 Å². The molecule has 4 heterocycles. The molecule has 4 aromatic carbocycles. The second-order valence-electron chi connectivity index (χ2n) is 15.3. The number of benzene rings is 4. The van der Waals surface area contributed by atoms with E-state index < -0.39 is 51.9 Å². The molecule has 0 unspecified atom stereocenters. The number of carbonyl (C=O) groups is 1. The van der Waals surface area contributed by atoms with Gasteiger partial charge in [-0.15, -0.1) is 0 Å². The van der Waals surface area contributed by atoms with Crippen LogP contribution in [0.2, 0.25) is 0 Å².